The number of aliphatic hydroxyl groups is 1. The van der Waals surface area contributed by atoms with Crippen molar-refractivity contribution in [3.63, 3.8) is 0 Å². The Morgan fingerprint density at radius 2 is 1.73 bits per heavy atom. The first-order valence-corrected chi connectivity index (χ1v) is 8.73. The molecule has 2 atom stereocenters. The molecular weight excluding hydrogens is 280 g/mol. The summed E-state index contributed by atoms with van der Waals surface area (Å²) in [6.45, 7) is 9.22. The van der Waals surface area contributed by atoms with Crippen LogP contribution in [0, 0.1) is 5.92 Å². The van der Waals surface area contributed by atoms with Gasteiger partial charge in [0.25, 0.3) is 0 Å². The average molecular weight is 312 g/mol. The number of carbonyl (C=O) groups is 1. The van der Waals surface area contributed by atoms with Gasteiger partial charge in [-0.2, -0.15) is 0 Å². The van der Waals surface area contributed by atoms with Crippen LogP contribution in [0.2, 0.25) is 0 Å². The number of hydrogen-bond acceptors (Lipinski definition) is 4. The number of piperazine rings is 1. The molecule has 0 aromatic heterocycles. The number of amides is 1. The monoisotopic (exact) mass is 312 g/mol. The third kappa shape index (κ3) is 4.85. The highest BCUT2D eigenvalue weighted by molar-refractivity contribution is 5.68. The van der Waals surface area contributed by atoms with Crippen LogP contribution in [0.5, 0.6) is 0 Å². The molecule has 1 N–H and O–H groups in total. The molecule has 5 heteroatoms. The van der Waals surface area contributed by atoms with E-state index in [0.29, 0.717) is 12.0 Å². The molecule has 2 aliphatic rings. The summed E-state index contributed by atoms with van der Waals surface area (Å²) in [5.41, 5.74) is -0.433. The van der Waals surface area contributed by atoms with Gasteiger partial charge >= 0.3 is 6.09 Å². The molecule has 1 amide bonds. The van der Waals surface area contributed by atoms with Gasteiger partial charge in [-0.3, -0.25) is 4.90 Å². The average Bonchev–Trinajstić information content (AvgIpc) is 2.70. The van der Waals surface area contributed by atoms with E-state index in [-0.39, 0.29) is 12.7 Å². The standard InChI is InChI=1S/C17H32N2O3/c1-17(2,3)22-16(21)19-11-9-18(10-12-19)15-8-6-4-5-7-14(15)13-20/h14-15,20H,4-13H2,1-3H3. The first-order chi connectivity index (χ1) is 10.4. The quantitative estimate of drug-likeness (QED) is 0.796. The summed E-state index contributed by atoms with van der Waals surface area (Å²) in [5.74, 6) is 0.399. The lowest BCUT2D eigenvalue weighted by Crippen LogP contribution is -2.54. The summed E-state index contributed by atoms with van der Waals surface area (Å²) in [5, 5.41) is 9.67. The van der Waals surface area contributed by atoms with Gasteiger partial charge in [0.1, 0.15) is 5.60 Å². The van der Waals surface area contributed by atoms with Crippen LogP contribution >= 0.6 is 0 Å². The summed E-state index contributed by atoms with van der Waals surface area (Å²) in [6.07, 6.45) is 5.88. The van der Waals surface area contributed by atoms with Crippen molar-refractivity contribution in [2.24, 2.45) is 5.92 Å². The van der Waals surface area contributed by atoms with Crippen molar-refractivity contribution in [1.82, 2.24) is 9.80 Å². The SMILES string of the molecule is CC(C)(C)OC(=O)N1CCN(C2CCCCCC2CO)CC1. The molecule has 1 saturated carbocycles. The lowest BCUT2D eigenvalue weighted by Gasteiger charge is -2.41. The Balaban J connectivity index is 1.86. The van der Waals surface area contributed by atoms with E-state index in [2.05, 4.69) is 4.90 Å². The Morgan fingerprint density at radius 1 is 1.09 bits per heavy atom. The van der Waals surface area contributed by atoms with Crippen molar-refractivity contribution < 1.29 is 14.6 Å². The molecule has 1 heterocycles. The number of nitrogens with zero attached hydrogens (tertiary/aromatic N) is 2. The maximum Gasteiger partial charge on any atom is 0.410 e. The van der Waals surface area contributed by atoms with Crippen molar-refractivity contribution in [3.8, 4) is 0 Å². The Kier molecular flexibility index (Phi) is 6.09. The van der Waals surface area contributed by atoms with Crippen molar-refractivity contribution in [1.29, 1.82) is 0 Å². The molecule has 1 saturated heterocycles. The number of hydrogen-bond donors (Lipinski definition) is 1. The van der Waals surface area contributed by atoms with E-state index in [1.54, 1.807) is 0 Å². The highest BCUT2D eigenvalue weighted by atomic mass is 16.6. The fraction of sp³-hybridized carbons (Fsp3) is 0.941. The topological polar surface area (TPSA) is 53.0 Å². The summed E-state index contributed by atoms with van der Waals surface area (Å²) >= 11 is 0. The minimum Gasteiger partial charge on any atom is -0.444 e. The highest BCUT2D eigenvalue weighted by Gasteiger charge is 2.32. The van der Waals surface area contributed by atoms with Crippen LogP contribution in [-0.2, 0) is 4.74 Å². The van der Waals surface area contributed by atoms with Crippen LogP contribution in [-0.4, -0.2) is 65.4 Å². The molecular formula is C17H32N2O3. The molecule has 2 fully saturated rings. The van der Waals surface area contributed by atoms with Gasteiger partial charge in [0.2, 0.25) is 0 Å². The highest BCUT2D eigenvalue weighted by Crippen LogP contribution is 2.28. The minimum atomic E-state index is -0.433. The van der Waals surface area contributed by atoms with Crippen molar-refractivity contribution in [2.45, 2.75) is 64.5 Å². The van der Waals surface area contributed by atoms with Gasteiger partial charge < -0.3 is 14.7 Å². The van der Waals surface area contributed by atoms with Crippen LogP contribution in [0.25, 0.3) is 0 Å². The minimum absolute atomic E-state index is 0.202. The molecule has 22 heavy (non-hydrogen) atoms. The third-order valence-corrected chi connectivity index (χ3v) is 4.79. The zero-order chi connectivity index (χ0) is 16.2. The molecule has 2 rings (SSSR count). The maximum atomic E-state index is 12.1. The van der Waals surface area contributed by atoms with E-state index in [9.17, 15) is 9.90 Å². The van der Waals surface area contributed by atoms with Crippen molar-refractivity contribution in [3.05, 3.63) is 0 Å². The second kappa shape index (κ2) is 7.64. The Labute approximate surface area is 134 Å². The molecule has 1 aliphatic carbocycles. The molecule has 0 spiro atoms. The number of carbonyl (C=O) groups excluding carboxylic acids is 1. The summed E-state index contributed by atoms with van der Waals surface area (Å²) in [6, 6.07) is 0.480. The maximum absolute atomic E-state index is 12.1. The fourth-order valence-electron chi connectivity index (χ4n) is 3.62. The van der Waals surface area contributed by atoms with E-state index in [1.807, 2.05) is 25.7 Å². The van der Waals surface area contributed by atoms with Crippen molar-refractivity contribution >= 4 is 6.09 Å². The Hall–Kier alpha value is -0.810. The molecule has 0 bridgehead atoms. The van der Waals surface area contributed by atoms with Gasteiger partial charge in [-0.1, -0.05) is 19.3 Å². The van der Waals surface area contributed by atoms with Crippen LogP contribution in [0.3, 0.4) is 0 Å². The summed E-state index contributed by atoms with van der Waals surface area (Å²) in [4.78, 5) is 16.4. The first-order valence-electron chi connectivity index (χ1n) is 8.73. The zero-order valence-corrected chi connectivity index (χ0v) is 14.4. The lowest BCUT2D eigenvalue weighted by molar-refractivity contribution is 0.00271. The Morgan fingerprint density at radius 3 is 2.32 bits per heavy atom. The second-order valence-electron chi connectivity index (χ2n) is 7.65. The number of ether oxygens (including phenoxy) is 1. The molecule has 1 aliphatic heterocycles. The van der Waals surface area contributed by atoms with E-state index < -0.39 is 5.60 Å². The summed E-state index contributed by atoms with van der Waals surface area (Å²) in [7, 11) is 0. The predicted octanol–water partition coefficient (Wildman–Crippen LogP) is 2.48. The summed E-state index contributed by atoms with van der Waals surface area (Å²) < 4.78 is 5.45. The first kappa shape index (κ1) is 17.5. The van der Waals surface area contributed by atoms with Gasteiger partial charge in [-0.05, 0) is 39.5 Å². The molecule has 0 aromatic rings. The molecule has 0 aromatic carbocycles. The van der Waals surface area contributed by atoms with Gasteiger partial charge in [-0.15, -0.1) is 0 Å². The third-order valence-electron chi connectivity index (χ3n) is 4.79. The lowest BCUT2D eigenvalue weighted by atomic mass is 9.93. The van der Waals surface area contributed by atoms with Gasteiger partial charge in [-0.25, -0.2) is 4.79 Å². The normalized spacial score (nSPS) is 28.3. The van der Waals surface area contributed by atoms with Crippen LogP contribution in [0.1, 0.15) is 52.9 Å². The van der Waals surface area contributed by atoms with E-state index in [4.69, 9.17) is 4.74 Å². The zero-order valence-electron chi connectivity index (χ0n) is 14.4. The number of aliphatic hydroxyl groups excluding tert-OH is 1. The smallest absolute Gasteiger partial charge is 0.410 e. The number of rotatable bonds is 2. The molecule has 0 radical (unpaired) electrons. The molecule has 2 unspecified atom stereocenters. The largest absolute Gasteiger partial charge is 0.444 e. The second-order valence-corrected chi connectivity index (χ2v) is 7.65. The van der Waals surface area contributed by atoms with Gasteiger partial charge in [0.15, 0.2) is 0 Å². The van der Waals surface area contributed by atoms with Gasteiger partial charge in [0, 0.05) is 38.8 Å². The van der Waals surface area contributed by atoms with E-state index >= 15 is 0 Å². The molecule has 5 nitrogen and oxygen atoms in total. The van der Waals surface area contributed by atoms with E-state index in [1.165, 1.54) is 25.7 Å². The van der Waals surface area contributed by atoms with Crippen LogP contribution in [0.15, 0.2) is 0 Å². The van der Waals surface area contributed by atoms with E-state index in [0.717, 1.165) is 32.6 Å². The molecule has 128 valence electrons. The van der Waals surface area contributed by atoms with Gasteiger partial charge in [0.05, 0.1) is 0 Å². The Bertz CT molecular complexity index is 359. The predicted molar refractivity (Wildman–Crippen MR) is 86.8 cm³/mol. The van der Waals surface area contributed by atoms with Crippen LogP contribution < -0.4 is 0 Å². The van der Waals surface area contributed by atoms with Crippen LogP contribution in [0.4, 0.5) is 4.79 Å². The van der Waals surface area contributed by atoms with Crippen molar-refractivity contribution in [2.75, 3.05) is 32.8 Å². The fourth-order valence-corrected chi connectivity index (χ4v) is 3.62.